The van der Waals surface area contributed by atoms with Crippen LogP contribution in [0.15, 0.2) is 18.3 Å². The van der Waals surface area contributed by atoms with Crippen LogP contribution in [-0.2, 0) is 4.79 Å². The van der Waals surface area contributed by atoms with E-state index < -0.39 is 6.04 Å². The SMILES string of the molecule is CC[C@H](N)C(=O)NCCCNc1ccc(C)cn1.Cl.Cl. The van der Waals surface area contributed by atoms with Crippen LogP contribution in [0.4, 0.5) is 5.82 Å². The van der Waals surface area contributed by atoms with Gasteiger partial charge in [-0.05, 0) is 31.4 Å². The zero-order chi connectivity index (χ0) is 13.4. The van der Waals surface area contributed by atoms with Crippen LogP contribution in [-0.4, -0.2) is 30.0 Å². The first-order valence-corrected chi connectivity index (χ1v) is 6.33. The molecule has 0 saturated carbocycles. The average molecular weight is 323 g/mol. The van der Waals surface area contributed by atoms with Crippen molar-refractivity contribution < 1.29 is 4.79 Å². The number of aromatic nitrogens is 1. The Morgan fingerprint density at radius 2 is 2.05 bits per heavy atom. The average Bonchev–Trinajstić information content (AvgIpc) is 2.39. The number of nitrogens with one attached hydrogen (secondary N) is 2. The highest BCUT2D eigenvalue weighted by molar-refractivity contribution is 5.85. The van der Waals surface area contributed by atoms with Gasteiger partial charge in [0, 0.05) is 19.3 Å². The standard InChI is InChI=1S/C13H22N4O.2ClH/c1-3-11(14)13(18)16-8-4-7-15-12-6-5-10(2)9-17-12;;/h5-6,9,11H,3-4,7-8,14H2,1-2H3,(H,15,17)(H,16,18);2*1H/t11-;;/m0../s1. The third-order valence-corrected chi connectivity index (χ3v) is 2.65. The molecular weight excluding hydrogens is 299 g/mol. The van der Waals surface area contributed by atoms with Crippen LogP contribution >= 0.6 is 24.8 Å². The zero-order valence-electron chi connectivity index (χ0n) is 11.9. The van der Waals surface area contributed by atoms with Crippen LogP contribution in [0.25, 0.3) is 0 Å². The van der Waals surface area contributed by atoms with Gasteiger partial charge in [0.2, 0.25) is 5.91 Å². The van der Waals surface area contributed by atoms with Crippen molar-refractivity contribution in [3.05, 3.63) is 23.9 Å². The van der Waals surface area contributed by atoms with Crippen LogP contribution in [0.5, 0.6) is 0 Å². The van der Waals surface area contributed by atoms with Gasteiger partial charge in [-0.1, -0.05) is 13.0 Å². The molecule has 0 unspecified atom stereocenters. The maximum Gasteiger partial charge on any atom is 0.236 e. The number of rotatable bonds is 7. The van der Waals surface area contributed by atoms with Crippen molar-refractivity contribution in [2.45, 2.75) is 32.7 Å². The molecule has 1 aromatic rings. The van der Waals surface area contributed by atoms with Gasteiger partial charge in [-0.2, -0.15) is 0 Å². The Hall–Kier alpha value is -1.04. The third-order valence-electron chi connectivity index (χ3n) is 2.65. The van der Waals surface area contributed by atoms with Crippen LogP contribution in [0.2, 0.25) is 0 Å². The predicted octanol–water partition coefficient (Wildman–Crippen LogP) is 1.89. The monoisotopic (exact) mass is 322 g/mol. The fourth-order valence-corrected chi connectivity index (χ4v) is 1.41. The van der Waals surface area contributed by atoms with E-state index in [2.05, 4.69) is 15.6 Å². The Kier molecular flexibility index (Phi) is 12.5. The van der Waals surface area contributed by atoms with E-state index in [4.69, 9.17) is 5.73 Å². The molecule has 0 spiro atoms. The van der Waals surface area contributed by atoms with Crippen molar-refractivity contribution >= 4 is 36.5 Å². The number of nitrogens with two attached hydrogens (primary N) is 1. The number of hydrogen-bond acceptors (Lipinski definition) is 4. The normalized spacial score (nSPS) is 10.8. The molecule has 4 N–H and O–H groups in total. The number of carbonyl (C=O) groups excluding carboxylic acids is 1. The first kappa shape index (κ1) is 21.3. The van der Waals surface area contributed by atoms with Gasteiger partial charge in [-0.3, -0.25) is 4.79 Å². The molecule has 0 aliphatic heterocycles. The summed E-state index contributed by atoms with van der Waals surface area (Å²) < 4.78 is 0. The van der Waals surface area contributed by atoms with Gasteiger partial charge in [0.25, 0.3) is 0 Å². The Labute approximate surface area is 132 Å². The Morgan fingerprint density at radius 1 is 1.35 bits per heavy atom. The van der Waals surface area contributed by atoms with Crippen LogP contribution in [0.1, 0.15) is 25.3 Å². The molecule has 0 fully saturated rings. The summed E-state index contributed by atoms with van der Waals surface area (Å²) in [7, 11) is 0. The van der Waals surface area contributed by atoms with E-state index in [1.54, 1.807) is 0 Å². The molecular formula is C13H24Cl2N4O. The number of amides is 1. The van der Waals surface area contributed by atoms with Crippen LogP contribution in [0, 0.1) is 6.92 Å². The minimum Gasteiger partial charge on any atom is -0.370 e. The molecule has 0 aliphatic carbocycles. The molecule has 0 aliphatic rings. The van der Waals surface area contributed by atoms with Gasteiger partial charge in [-0.25, -0.2) is 4.98 Å². The highest BCUT2D eigenvalue weighted by Gasteiger charge is 2.08. The van der Waals surface area contributed by atoms with E-state index in [1.807, 2.05) is 32.2 Å². The van der Waals surface area contributed by atoms with Gasteiger partial charge in [-0.15, -0.1) is 24.8 Å². The lowest BCUT2D eigenvalue weighted by Crippen LogP contribution is -2.40. The fraction of sp³-hybridized carbons (Fsp3) is 0.538. The smallest absolute Gasteiger partial charge is 0.236 e. The second-order valence-corrected chi connectivity index (χ2v) is 4.31. The quantitative estimate of drug-likeness (QED) is 0.670. The number of pyridine rings is 1. The molecule has 1 atom stereocenters. The summed E-state index contributed by atoms with van der Waals surface area (Å²) in [6, 6.07) is 3.56. The van der Waals surface area contributed by atoms with Gasteiger partial charge in [0.15, 0.2) is 0 Å². The number of carbonyl (C=O) groups is 1. The molecule has 1 aromatic heterocycles. The van der Waals surface area contributed by atoms with Crippen LogP contribution < -0.4 is 16.4 Å². The maximum absolute atomic E-state index is 11.4. The summed E-state index contributed by atoms with van der Waals surface area (Å²) in [4.78, 5) is 15.6. The van der Waals surface area contributed by atoms with Crippen molar-refractivity contribution in [2.75, 3.05) is 18.4 Å². The second-order valence-electron chi connectivity index (χ2n) is 4.31. The Bertz CT molecular complexity index is 373. The van der Waals surface area contributed by atoms with E-state index in [-0.39, 0.29) is 30.7 Å². The minimum absolute atomic E-state index is 0. The topological polar surface area (TPSA) is 80.0 Å². The molecule has 1 amide bonds. The van der Waals surface area contributed by atoms with Crippen molar-refractivity contribution in [1.29, 1.82) is 0 Å². The second kappa shape index (κ2) is 11.8. The molecule has 1 heterocycles. The third kappa shape index (κ3) is 8.19. The lowest BCUT2D eigenvalue weighted by Gasteiger charge is -2.10. The van der Waals surface area contributed by atoms with E-state index in [9.17, 15) is 4.79 Å². The molecule has 116 valence electrons. The summed E-state index contributed by atoms with van der Waals surface area (Å²) in [6.07, 6.45) is 3.33. The van der Waals surface area contributed by atoms with Crippen LogP contribution in [0.3, 0.4) is 0 Å². The first-order chi connectivity index (χ1) is 8.63. The number of nitrogens with zero attached hydrogens (tertiary/aromatic N) is 1. The highest BCUT2D eigenvalue weighted by Crippen LogP contribution is 2.03. The summed E-state index contributed by atoms with van der Waals surface area (Å²) in [5.41, 5.74) is 6.74. The summed E-state index contributed by atoms with van der Waals surface area (Å²) in [5.74, 6) is 0.781. The van der Waals surface area contributed by atoms with Gasteiger partial charge in [0.1, 0.15) is 5.82 Å². The Morgan fingerprint density at radius 3 is 2.60 bits per heavy atom. The maximum atomic E-state index is 11.4. The minimum atomic E-state index is -0.392. The van der Waals surface area contributed by atoms with Crippen molar-refractivity contribution in [2.24, 2.45) is 5.73 Å². The van der Waals surface area contributed by atoms with E-state index in [0.717, 1.165) is 24.3 Å². The lowest BCUT2D eigenvalue weighted by atomic mass is 10.2. The van der Waals surface area contributed by atoms with Crippen molar-refractivity contribution in [3.8, 4) is 0 Å². The number of hydrogen-bond donors (Lipinski definition) is 3. The fourth-order valence-electron chi connectivity index (χ4n) is 1.41. The summed E-state index contributed by atoms with van der Waals surface area (Å²) in [5, 5.41) is 6.00. The van der Waals surface area contributed by atoms with Crippen molar-refractivity contribution in [3.63, 3.8) is 0 Å². The summed E-state index contributed by atoms with van der Waals surface area (Å²) >= 11 is 0. The largest absolute Gasteiger partial charge is 0.370 e. The van der Waals surface area contributed by atoms with Gasteiger partial charge >= 0.3 is 0 Å². The molecule has 20 heavy (non-hydrogen) atoms. The molecule has 7 heteroatoms. The van der Waals surface area contributed by atoms with Gasteiger partial charge in [0.05, 0.1) is 6.04 Å². The molecule has 1 rings (SSSR count). The van der Waals surface area contributed by atoms with Crippen molar-refractivity contribution in [1.82, 2.24) is 10.3 Å². The number of anilines is 1. The number of aryl methyl sites for hydroxylation is 1. The lowest BCUT2D eigenvalue weighted by molar-refractivity contribution is -0.122. The molecule has 0 bridgehead atoms. The molecule has 0 radical (unpaired) electrons. The molecule has 5 nitrogen and oxygen atoms in total. The molecule has 0 saturated heterocycles. The highest BCUT2D eigenvalue weighted by atomic mass is 35.5. The van der Waals surface area contributed by atoms with E-state index in [0.29, 0.717) is 13.0 Å². The van der Waals surface area contributed by atoms with E-state index >= 15 is 0 Å². The summed E-state index contributed by atoms with van der Waals surface area (Å²) in [6.45, 7) is 5.31. The molecule has 0 aromatic carbocycles. The first-order valence-electron chi connectivity index (χ1n) is 6.33. The number of halogens is 2. The Balaban J connectivity index is 0. The predicted molar refractivity (Wildman–Crippen MR) is 87.9 cm³/mol. The van der Waals surface area contributed by atoms with E-state index in [1.165, 1.54) is 0 Å². The van der Waals surface area contributed by atoms with Gasteiger partial charge < -0.3 is 16.4 Å². The zero-order valence-corrected chi connectivity index (χ0v) is 13.5.